The number of nitrogens with zero attached hydrogens (tertiary/aromatic N) is 1. The third-order valence-corrected chi connectivity index (χ3v) is 3.13. The van der Waals surface area contributed by atoms with Crippen LogP contribution in [0.2, 0.25) is 0 Å². The van der Waals surface area contributed by atoms with Gasteiger partial charge >= 0.3 is 6.03 Å². The summed E-state index contributed by atoms with van der Waals surface area (Å²) in [5.41, 5.74) is 2.02. The summed E-state index contributed by atoms with van der Waals surface area (Å²) in [6.45, 7) is 9.46. The summed E-state index contributed by atoms with van der Waals surface area (Å²) >= 11 is 0. The van der Waals surface area contributed by atoms with Gasteiger partial charge in [0.25, 0.3) is 0 Å². The maximum absolute atomic E-state index is 12.2. The van der Waals surface area contributed by atoms with Crippen LogP contribution in [0.3, 0.4) is 0 Å². The summed E-state index contributed by atoms with van der Waals surface area (Å²) < 4.78 is 5.56. The number of amides is 2. The minimum absolute atomic E-state index is 0.0668. The van der Waals surface area contributed by atoms with Crippen LogP contribution >= 0.6 is 0 Å². The Kier molecular flexibility index (Phi) is 4.10. The first kappa shape index (κ1) is 13.5. The first-order valence-electron chi connectivity index (χ1n) is 6.53. The molecule has 0 aliphatic carbocycles. The molecule has 0 saturated carbocycles. The number of fused-ring (bicyclic) bond motifs is 1. The Hall–Kier alpha value is -1.97. The Morgan fingerprint density at radius 1 is 1.53 bits per heavy atom. The van der Waals surface area contributed by atoms with E-state index in [4.69, 9.17) is 4.74 Å². The highest BCUT2D eigenvalue weighted by Crippen LogP contribution is 2.31. The fourth-order valence-corrected chi connectivity index (χ4v) is 2.18. The van der Waals surface area contributed by atoms with E-state index in [0.717, 1.165) is 16.9 Å². The van der Waals surface area contributed by atoms with Crippen molar-refractivity contribution in [2.24, 2.45) is 0 Å². The van der Waals surface area contributed by atoms with Gasteiger partial charge in [-0.1, -0.05) is 30.4 Å². The van der Waals surface area contributed by atoms with Crippen molar-refractivity contribution in [2.45, 2.75) is 19.9 Å². The molecular weight excluding hydrogens is 240 g/mol. The number of ether oxygens (including phenoxy) is 1. The smallest absolute Gasteiger partial charge is 0.318 e. The van der Waals surface area contributed by atoms with Crippen molar-refractivity contribution in [1.82, 2.24) is 10.2 Å². The number of hydrogen-bond donors (Lipinski definition) is 1. The van der Waals surface area contributed by atoms with Crippen LogP contribution < -0.4 is 10.1 Å². The Labute approximate surface area is 114 Å². The second-order valence-electron chi connectivity index (χ2n) is 4.82. The molecule has 102 valence electrons. The van der Waals surface area contributed by atoms with E-state index >= 15 is 0 Å². The number of carbonyl (C=O) groups excluding carboxylic acids is 1. The second kappa shape index (κ2) is 5.78. The van der Waals surface area contributed by atoms with Crippen LogP contribution in [0, 0.1) is 0 Å². The Bertz CT molecular complexity index is 485. The predicted octanol–water partition coefficient (Wildman–Crippen LogP) is 2.73. The van der Waals surface area contributed by atoms with Gasteiger partial charge in [0, 0.05) is 18.7 Å². The van der Waals surface area contributed by atoms with Crippen molar-refractivity contribution in [3.05, 3.63) is 42.0 Å². The van der Waals surface area contributed by atoms with Crippen molar-refractivity contribution in [3.63, 3.8) is 0 Å². The van der Waals surface area contributed by atoms with E-state index in [1.165, 1.54) is 0 Å². The van der Waals surface area contributed by atoms with Crippen LogP contribution in [0.5, 0.6) is 5.75 Å². The molecule has 1 heterocycles. The highest BCUT2D eigenvalue weighted by molar-refractivity contribution is 5.75. The van der Waals surface area contributed by atoms with E-state index in [0.29, 0.717) is 19.7 Å². The van der Waals surface area contributed by atoms with E-state index in [-0.39, 0.29) is 12.1 Å². The lowest BCUT2D eigenvalue weighted by Gasteiger charge is -2.23. The molecule has 0 bridgehead atoms. The lowest BCUT2D eigenvalue weighted by molar-refractivity contribution is 0.197. The predicted molar refractivity (Wildman–Crippen MR) is 75.3 cm³/mol. The molecule has 0 unspecified atom stereocenters. The second-order valence-corrected chi connectivity index (χ2v) is 4.82. The van der Waals surface area contributed by atoms with Crippen LogP contribution in [-0.4, -0.2) is 30.6 Å². The Morgan fingerprint density at radius 2 is 2.26 bits per heavy atom. The van der Waals surface area contributed by atoms with Crippen LogP contribution in [0.25, 0.3) is 0 Å². The van der Waals surface area contributed by atoms with Crippen molar-refractivity contribution >= 4 is 6.03 Å². The van der Waals surface area contributed by atoms with E-state index in [2.05, 4.69) is 11.9 Å². The van der Waals surface area contributed by atoms with Crippen molar-refractivity contribution in [2.75, 3.05) is 19.7 Å². The first-order chi connectivity index (χ1) is 9.11. The van der Waals surface area contributed by atoms with E-state index in [9.17, 15) is 4.79 Å². The zero-order chi connectivity index (χ0) is 13.8. The van der Waals surface area contributed by atoms with Gasteiger partial charge in [-0.05, 0) is 19.9 Å². The molecule has 19 heavy (non-hydrogen) atoms. The summed E-state index contributed by atoms with van der Waals surface area (Å²) in [5.74, 6) is 0.857. The lowest BCUT2D eigenvalue weighted by atomic mass is 10.1. The molecule has 1 atom stereocenters. The molecule has 2 rings (SSSR count). The van der Waals surface area contributed by atoms with Gasteiger partial charge in [0.05, 0.1) is 6.04 Å². The molecule has 0 aromatic heterocycles. The summed E-state index contributed by atoms with van der Waals surface area (Å²) in [4.78, 5) is 13.9. The minimum atomic E-state index is -0.0733. The molecule has 4 nitrogen and oxygen atoms in total. The quantitative estimate of drug-likeness (QED) is 0.846. The fourth-order valence-electron chi connectivity index (χ4n) is 2.18. The first-order valence-corrected chi connectivity index (χ1v) is 6.53. The van der Waals surface area contributed by atoms with Gasteiger partial charge in [-0.25, -0.2) is 4.79 Å². The number of urea groups is 1. The number of likely N-dealkylation sites (N-methyl/N-ethyl adjacent to an activating group) is 1. The summed E-state index contributed by atoms with van der Waals surface area (Å²) in [5, 5.41) is 3.01. The maximum Gasteiger partial charge on any atom is 0.318 e. The summed E-state index contributed by atoms with van der Waals surface area (Å²) in [6.07, 6.45) is 0. The molecule has 1 aliphatic heterocycles. The van der Waals surface area contributed by atoms with Crippen molar-refractivity contribution < 1.29 is 9.53 Å². The van der Waals surface area contributed by atoms with Crippen LogP contribution in [0.4, 0.5) is 4.79 Å². The zero-order valence-electron chi connectivity index (χ0n) is 11.5. The molecule has 4 heteroatoms. The van der Waals surface area contributed by atoms with Gasteiger partial charge in [-0.3, -0.25) is 0 Å². The normalized spacial score (nSPS) is 16.4. The van der Waals surface area contributed by atoms with E-state index in [1.54, 1.807) is 4.90 Å². The SMILES string of the molecule is C=C(C)CN(CC)C(=O)N[C@H]1COc2ccccc21. The van der Waals surface area contributed by atoms with Crippen molar-refractivity contribution in [1.29, 1.82) is 0 Å². The number of benzene rings is 1. The lowest BCUT2D eigenvalue weighted by Crippen LogP contribution is -2.42. The molecule has 1 aromatic rings. The number of hydrogen-bond acceptors (Lipinski definition) is 2. The van der Waals surface area contributed by atoms with Crippen LogP contribution in [0.1, 0.15) is 25.5 Å². The molecule has 0 saturated heterocycles. The van der Waals surface area contributed by atoms with Crippen LogP contribution in [0.15, 0.2) is 36.4 Å². The average molecular weight is 260 g/mol. The number of carbonyl (C=O) groups is 1. The molecule has 1 aromatic carbocycles. The highest BCUT2D eigenvalue weighted by atomic mass is 16.5. The third kappa shape index (κ3) is 3.08. The number of para-hydroxylation sites is 1. The number of rotatable bonds is 4. The molecule has 1 aliphatic rings. The standard InChI is InChI=1S/C15H20N2O2/c1-4-17(9-11(2)3)15(18)16-13-10-19-14-8-6-5-7-12(13)14/h5-8,13H,2,4,9-10H2,1,3H3,(H,16,18)/t13-/m0/s1. The van der Waals surface area contributed by atoms with Gasteiger partial charge in [0.1, 0.15) is 12.4 Å². The monoisotopic (exact) mass is 260 g/mol. The third-order valence-electron chi connectivity index (χ3n) is 3.13. The van der Waals surface area contributed by atoms with Gasteiger partial charge in [-0.2, -0.15) is 0 Å². The van der Waals surface area contributed by atoms with E-state index in [1.807, 2.05) is 38.1 Å². The largest absolute Gasteiger partial charge is 0.491 e. The van der Waals surface area contributed by atoms with E-state index < -0.39 is 0 Å². The highest BCUT2D eigenvalue weighted by Gasteiger charge is 2.26. The van der Waals surface area contributed by atoms with Crippen LogP contribution in [-0.2, 0) is 0 Å². The maximum atomic E-state index is 12.2. The molecule has 1 N–H and O–H groups in total. The molecule has 0 spiro atoms. The summed E-state index contributed by atoms with van der Waals surface area (Å²) in [6, 6.07) is 7.66. The Balaban J connectivity index is 2.02. The zero-order valence-corrected chi connectivity index (χ0v) is 11.5. The minimum Gasteiger partial charge on any atom is -0.491 e. The number of nitrogens with one attached hydrogen (secondary N) is 1. The van der Waals surface area contributed by atoms with Crippen molar-refractivity contribution in [3.8, 4) is 5.75 Å². The molecule has 0 radical (unpaired) electrons. The molecule has 2 amide bonds. The van der Waals surface area contributed by atoms with Gasteiger partial charge in [0.15, 0.2) is 0 Å². The molecular formula is C15H20N2O2. The molecule has 0 fully saturated rings. The van der Waals surface area contributed by atoms with Gasteiger partial charge in [0.2, 0.25) is 0 Å². The topological polar surface area (TPSA) is 41.6 Å². The average Bonchev–Trinajstić information content (AvgIpc) is 2.79. The van der Waals surface area contributed by atoms with Gasteiger partial charge < -0.3 is 15.0 Å². The summed E-state index contributed by atoms with van der Waals surface area (Å²) in [7, 11) is 0. The fraction of sp³-hybridized carbons (Fsp3) is 0.400. The Morgan fingerprint density at radius 3 is 2.95 bits per heavy atom. The van der Waals surface area contributed by atoms with Gasteiger partial charge in [-0.15, -0.1) is 0 Å².